The average molecular weight is 316 g/mol. The van der Waals surface area contributed by atoms with Gasteiger partial charge in [-0.2, -0.15) is 11.8 Å². The van der Waals surface area contributed by atoms with Crippen LogP contribution in [0.3, 0.4) is 0 Å². The van der Waals surface area contributed by atoms with E-state index in [2.05, 4.69) is 6.92 Å². The molecule has 2 atom stereocenters. The molecule has 2 unspecified atom stereocenters. The van der Waals surface area contributed by atoms with E-state index in [1.165, 1.54) is 4.90 Å². The third-order valence-corrected chi connectivity index (χ3v) is 4.89. The number of thioether (sulfide) groups is 1. The molecule has 2 saturated heterocycles. The highest BCUT2D eigenvalue weighted by Gasteiger charge is 2.36. The van der Waals surface area contributed by atoms with Gasteiger partial charge in [0.15, 0.2) is 0 Å². The van der Waals surface area contributed by atoms with Crippen LogP contribution in [0.1, 0.15) is 26.2 Å². The van der Waals surface area contributed by atoms with Crippen LogP contribution in [0.5, 0.6) is 0 Å². The molecule has 7 heteroatoms. The maximum Gasteiger partial charge on any atom is 0.327 e. The molecule has 0 aromatic heterocycles. The number of rotatable bonds is 4. The number of amides is 2. The van der Waals surface area contributed by atoms with Gasteiger partial charge in [0.2, 0.25) is 0 Å². The van der Waals surface area contributed by atoms with Gasteiger partial charge < -0.3 is 19.6 Å². The van der Waals surface area contributed by atoms with E-state index in [4.69, 9.17) is 4.74 Å². The van der Waals surface area contributed by atoms with Gasteiger partial charge in [-0.3, -0.25) is 0 Å². The van der Waals surface area contributed by atoms with E-state index < -0.39 is 12.0 Å². The topological polar surface area (TPSA) is 70.1 Å². The van der Waals surface area contributed by atoms with Gasteiger partial charge in [0, 0.05) is 37.7 Å². The fourth-order valence-corrected chi connectivity index (χ4v) is 3.79. The molecule has 21 heavy (non-hydrogen) atoms. The quantitative estimate of drug-likeness (QED) is 0.851. The number of piperidine rings is 1. The van der Waals surface area contributed by atoms with Crippen molar-refractivity contribution in [2.75, 3.05) is 37.7 Å². The van der Waals surface area contributed by atoms with Crippen molar-refractivity contribution in [1.82, 2.24) is 9.80 Å². The van der Waals surface area contributed by atoms with Gasteiger partial charge in [-0.15, -0.1) is 0 Å². The molecule has 0 bridgehead atoms. The lowest BCUT2D eigenvalue weighted by molar-refractivity contribution is -0.141. The van der Waals surface area contributed by atoms with Crippen molar-refractivity contribution in [3.05, 3.63) is 0 Å². The van der Waals surface area contributed by atoms with Crippen LogP contribution >= 0.6 is 11.8 Å². The van der Waals surface area contributed by atoms with Crippen molar-refractivity contribution in [2.45, 2.75) is 38.3 Å². The fraction of sp³-hybridized carbons (Fsp3) is 0.857. The third-order valence-electron chi connectivity index (χ3n) is 3.87. The molecule has 0 aromatic carbocycles. The second-order valence-electron chi connectivity index (χ2n) is 5.49. The number of carbonyl (C=O) groups is 2. The summed E-state index contributed by atoms with van der Waals surface area (Å²) in [6.45, 7) is 4.56. The Balaban J connectivity index is 1.95. The zero-order valence-electron chi connectivity index (χ0n) is 12.5. The number of carboxylic acid groups (broad SMARTS) is 1. The van der Waals surface area contributed by atoms with Crippen LogP contribution < -0.4 is 0 Å². The highest BCUT2D eigenvalue weighted by molar-refractivity contribution is 7.99. The predicted octanol–water partition coefficient (Wildman–Crippen LogP) is 1.50. The minimum Gasteiger partial charge on any atom is -0.480 e. The third kappa shape index (κ3) is 4.26. The van der Waals surface area contributed by atoms with Crippen LogP contribution in [-0.2, 0) is 9.53 Å². The number of nitrogens with zero attached hydrogens (tertiary/aromatic N) is 2. The number of aliphatic carboxylic acids is 1. The number of ether oxygens (including phenoxy) is 1. The SMILES string of the molecule is CCCOC1CCCN(C(=O)N2CCSCC2C(=O)O)C1. The molecule has 2 aliphatic heterocycles. The van der Waals surface area contributed by atoms with Gasteiger partial charge >= 0.3 is 12.0 Å². The van der Waals surface area contributed by atoms with E-state index in [1.807, 2.05) is 0 Å². The van der Waals surface area contributed by atoms with Gasteiger partial charge in [-0.1, -0.05) is 6.92 Å². The molecule has 0 aliphatic carbocycles. The van der Waals surface area contributed by atoms with Crippen LogP contribution in [0.2, 0.25) is 0 Å². The zero-order valence-corrected chi connectivity index (χ0v) is 13.3. The lowest BCUT2D eigenvalue weighted by atomic mass is 10.1. The van der Waals surface area contributed by atoms with Gasteiger partial charge in [-0.05, 0) is 19.3 Å². The Labute approximate surface area is 129 Å². The van der Waals surface area contributed by atoms with Gasteiger partial charge in [0.05, 0.1) is 6.10 Å². The Bertz CT molecular complexity index is 380. The molecule has 2 heterocycles. The Morgan fingerprint density at radius 3 is 2.90 bits per heavy atom. The average Bonchev–Trinajstić information content (AvgIpc) is 2.52. The molecular formula is C14H24N2O4S. The van der Waals surface area contributed by atoms with E-state index in [-0.39, 0.29) is 12.1 Å². The number of carbonyl (C=O) groups excluding carboxylic acids is 1. The van der Waals surface area contributed by atoms with Crippen LogP contribution in [0.15, 0.2) is 0 Å². The summed E-state index contributed by atoms with van der Waals surface area (Å²) in [4.78, 5) is 27.2. The van der Waals surface area contributed by atoms with Crippen molar-refractivity contribution in [2.24, 2.45) is 0 Å². The first-order valence-electron chi connectivity index (χ1n) is 7.61. The summed E-state index contributed by atoms with van der Waals surface area (Å²) in [6.07, 6.45) is 2.95. The molecule has 2 aliphatic rings. The Morgan fingerprint density at radius 2 is 2.19 bits per heavy atom. The van der Waals surface area contributed by atoms with Gasteiger partial charge in [0.25, 0.3) is 0 Å². The van der Waals surface area contributed by atoms with Gasteiger partial charge in [0.1, 0.15) is 6.04 Å². The fourth-order valence-electron chi connectivity index (χ4n) is 2.75. The molecule has 120 valence electrons. The second kappa shape index (κ2) is 7.89. The van der Waals surface area contributed by atoms with Crippen molar-refractivity contribution in [1.29, 1.82) is 0 Å². The Kier molecular flexibility index (Phi) is 6.17. The number of likely N-dealkylation sites (tertiary alicyclic amines) is 1. The van der Waals surface area contributed by atoms with E-state index in [0.717, 1.165) is 25.0 Å². The summed E-state index contributed by atoms with van der Waals surface area (Å²) < 4.78 is 5.74. The summed E-state index contributed by atoms with van der Waals surface area (Å²) in [7, 11) is 0. The molecule has 2 amide bonds. The number of hydrogen-bond acceptors (Lipinski definition) is 4. The zero-order chi connectivity index (χ0) is 15.2. The first-order valence-corrected chi connectivity index (χ1v) is 8.76. The summed E-state index contributed by atoms with van der Waals surface area (Å²) in [5.41, 5.74) is 0. The molecular weight excluding hydrogens is 292 g/mol. The first-order chi connectivity index (χ1) is 10.1. The second-order valence-corrected chi connectivity index (χ2v) is 6.64. The van der Waals surface area contributed by atoms with E-state index in [9.17, 15) is 14.7 Å². The molecule has 0 aromatic rings. The lowest BCUT2D eigenvalue weighted by Gasteiger charge is -2.39. The Hall–Kier alpha value is -0.950. The molecule has 1 N–H and O–H groups in total. The van der Waals surface area contributed by atoms with Crippen molar-refractivity contribution >= 4 is 23.8 Å². The highest BCUT2D eigenvalue weighted by atomic mass is 32.2. The molecule has 2 rings (SSSR count). The molecule has 0 spiro atoms. The van der Waals surface area contributed by atoms with Crippen LogP contribution in [0.4, 0.5) is 4.79 Å². The Morgan fingerprint density at radius 1 is 1.38 bits per heavy atom. The summed E-state index contributed by atoms with van der Waals surface area (Å²) in [6, 6.07) is -0.847. The van der Waals surface area contributed by atoms with Crippen LogP contribution in [-0.4, -0.2) is 76.8 Å². The number of hydrogen-bond donors (Lipinski definition) is 1. The minimum absolute atomic E-state index is 0.0880. The summed E-state index contributed by atoms with van der Waals surface area (Å²) in [5.74, 6) is 0.371. The number of carboxylic acids is 1. The normalized spacial score (nSPS) is 26.7. The van der Waals surface area contributed by atoms with Crippen molar-refractivity contribution in [3.63, 3.8) is 0 Å². The molecule has 2 fully saturated rings. The van der Waals surface area contributed by atoms with E-state index in [1.54, 1.807) is 16.7 Å². The maximum absolute atomic E-state index is 12.6. The maximum atomic E-state index is 12.6. The molecule has 0 radical (unpaired) electrons. The first kappa shape index (κ1) is 16.4. The minimum atomic E-state index is -0.911. The van der Waals surface area contributed by atoms with Gasteiger partial charge in [-0.25, -0.2) is 9.59 Å². The van der Waals surface area contributed by atoms with E-state index in [0.29, 0.717) is 32.0 Å². The largest absolute Gasteiger partial charge is 0.480 e. The van der Waals surface area contributed by atoms with Crippen molar-refractivity contribution < 1.29 is 19.4 Å². The van der Waals surface area contributed by atoms with Crippen LogP contribution in [0, 0.1) is 0 Å². The van der Waals surface area contributed by atoms with Crippen molar-refractivity contribution in [3.8, 4) is 0 Å². The summed E-state index contributed by atoms with van der Waals surface area (Å²) >= 11 is 1.59. The standard InChI is InChI=1S/C14H24N2O4S/c1-2-7-20-11-4-3-5-15(9-11)14(19)16-6-8-21-10-12(16)13(17)18/h11-12H,2-10H2,1H3,(H,17,18). The number of urea groups is 1. The molecule has 6 nitrogen and oxygen atoms in total. The van der Waals surface area contributed by atoms with Crippen LogP contribution in [0.25, 0.3) is 0 Å². The highest BCUT2D eigenvalue weighted by Crippen LogP contribution is 2.21. The summed E-state index contributed by atoms with van der Waals surface area (Å²) in [5, 5.41) is 9.27. The molecule has 0 saturated carbocycles. The monoisotopic (exact) mass is 316 g/mol. The van der Waals surface area contributed by atoms with E-state index >= 15 is 0 Å². The lowest BCUT2D eigenvalue weighted by Crippen LogP contribution is -2.57. The predicted molar refractivity (Wildman–Crippen MR) is 81.7 cm³/mol. The smallest absolute Gasteiger partial charge is 0.327 e.